The summed E-state index contributed by atoms with van der Waals surface area (Å²) in [5.74, 6) is 1.73. The first-order valence-corrected chi connectivity index (χ1v) is 10.5. The van der Waals surface area contributed by atoms with Crippen LogP contribution in [0.3, 0.4) is 0 Å². The van der Waals surface area contributed by atoms with Crippen molar-refractivity contribution in [2.24, 2.45) is 11.8 Å². The largest absolute Gasteiger partial charge is 0.462 e. The normalized spacial score (nSPS) is 42.0. The Morgan fingerprint density at radius 1 is 1.25 bits per heavy atom. The first-order valence-electron chi connectivity index (χ1n) is 7.05. The highest BCUT2D eigenvalue weighted by Gasteiger charge is 2.52. The summed E-state index contributed by atoms with van der Waals surface area (Å²) in [6.07, 6.45) is 4.34. The van der Waals surface area contributed by atoms with E-state index < -0.39 is 0 Å². The van der Waals surface area contributed by atoms with Crippen LogP contribution in [0.1, 0.15) is 26.2 Å². The number of hydrogen-bond acceptors (Lipinski definition) is 6. The van der Waals surface area contributed by atoms with Crippen LogP contribution in [-0.2, 0) is 9.53 Å². The van der Waals surface area contributed by atoms with Gasteiger partial charge in [-0.05, 0) is 43.4 Å². The van der Waals surface area contributed by atoms with Crippen LogP contribution in [0.15, 0.2) is 18.8 Å². The minimum atomic E-state index is -0.172. The van der Waals surface area contributed by atoms with E-state index >= 15 is 0 Å². The van der Waals surface area contributed by atoms with Gasteiger partial charge in [-0.3, -0.25) is 0 Å². The van der Waals surface area contributed by atoms with Gasteiger partial charge < -0.3 is 4.74 Å². The van der Waals surface area contributed by atoms with Gasteiger partial charge in [-0.15, -0.1) is 23.5 Å². The van der Waals surface area contributed by atoms with Crippen LogP contribution in [0.2, 0.25) is 0 Å². The first kappa shape index (κ1) is 14.0. The molecule has 2 aliphatic carbocycles. The summed E-state index contributed by atoms with van der Waals surface area (Å²) in [7, 11) is 0. The van der Waals surface area contributed by atoms with Crippen molar-refractivity contribution in [3.05, 3.63) is 18.8 Å². The molecule has 0 radical (unpaired) electrons. The molecule has 20 heavy (non-hydrogen) atoms. The Labute approximate surface area is 136 Å². The molecule has 2 saturated carbocycles. The van der Waals surface area contributed by atoms with E-state index in [4.69, 9.17) is 4.74 Å². The highest BCUT2D eigenvalue weighted by atomic mass is 32.2. The molecule has 4 rings (SSSR count). The maximum absolute atomic E-state index is 11.8. The fourth-order valence-electron chi connectivity index (χ4n) is 3.52. The maximum Gasteiger partial charge on any atom is 0.345 e. The Hall–Kier alpha value is 0.350. The lowest BCUT2D eigenvalue weighted by atomic mass is 10.00. The average molecular weight is 345 g/mol. The lowest BCUT2D eigenvalue weighted by Gasteiger charge is -2.21. The van der Waals surface area contributed by atoms with Gasteiger partial charge in [0, 0.05) is 10.5 Å². The standard InChI is InChI=1S/C14H16O2S4/c1-2-16-12(15)9-6-17-13(18-9)14-19-10-7-3-4-8(5-7)11(10)20-14/h6-8,10-11H,2-5H2,1H3/t7-,8+,10+,11-. The summed E-state index contributed by atoms with van der Waals surface area (Å²) >= 11 is 7.47. The predicted molar refractivity (Wildman–Crippen MR) is 90.5 cm³/mol. The number of esters is 1. The van der Waals surface area contributed by atoms with Gasteiger partial charge in [0.2, 0.25) is 0 Å². The maximum atomic E-state index is 11.8. The van der Waals surface area contributed by atoms with Crippen molar-refractivity contribution < 1.29 is 9.53 Å². The van der Waals surface area contributed by atoms with Crippen molar-refractivity contribution in [3.63, 3.8) is 0 Å². The summed E-state index contributed by atoms with van der Waals surface area (Å²) < 4.78 is 7.84. The molecule has 4 atom stereocenters. The molecule has 2 heterocycles. The van der Waals surface area contributed by atoms with Gasteiger partial charge in [-0.1, -0.05) is 23.5 Å². The lowest BCUT2D eigenvalue weighted by molar-refractivity contribution is -0.137. The molecule has 3 fully saturated rings. The molecule has 0 aromatic rings. The quantitative estimate of drug-likeness (QED) is 0.677. The number of carbonyl (C=O) groups excluding carboxylic acids is 1. The smallest absolute Gasteiger partial charge is 0.345 e. The second-order valence-corrected chi connectivity index (χ2v) is 10.3. The van der Waals surface area contributed by atoms with Crippen molar-refractivity contribution in [2.75, 3.05) is 6.61 Å². The summed E-state index contributed by atoms with van der Waals surface area (Å²) in [6, 6.07) is 0. The highest BCUT2D eigenvalue weighted by molar-refractivity contribution is 8.33. The second kappa shape index (κ2) is 5.52. The average Bonchev–Trinajstić information content (AvgIpc) is 3.19. The van der Waals surface area contributed by atoms with Crippen LogP contribution in [0.25, 0.3) is 0 Å². The Balaban J connectivity index is 1.46. The van der Waals surface area contributed by atoms with Crippen LogP contribution < -0.4 is 0 Å². The molecular formula is C14H16O2S4. The summed E-state index contributed by atoms with van der Waals surface area (Å²) in [4.78, 5) is 12.5. The molecule has 0 unspecified atom stereocenters. The van der Waals surface area contributed by atoms with Crippen LogP contribution in [0.4, 0.5) is 0 Å². The van der Waals surface area contributed by atoms with Gasteiger partial charge in [0.1, 0.15) is 4.91 Å². The van der Waals surface area contributed by atoms with Gasteiger partial charge >= 0.3 is 5.97 Å². The topological polar surface area (TPSA) is 26.3 Å². The molecule has 6 heteroatoms. The van der Waals surface area contributed by atoms with Crippen molar-refractivity contribution in [3.8, 4) is 0 Å². The molecule has 0 N–H and O–H groups in total. The molecule has 0 spiro atoms. The minimum Gasteiger partial charge on any atom is -0.462 e. The Kier molecular flexibility index (Phi) is 3.86. The van der Waals surface area contributed by atoms with Gasteiger partial charge in [0.05, 0.1) is 15.1 Å². The molecule has 4 aliphatic rings. The molecule has 2 bridgehead atoms. The van der Waals surface area contributed by atoms with E-state index in [1.165, 1.54) is 27.7 Å². The molecule has 0 amide bonds. The highest BCUT2D eigenvalue weighted by Crippen LogP contribution is 2.66. The van der Waals surface area contributed by atoms with Gasteiger partial charge in [0.25, 0.3) is 0 Å². The minimum absolute atomic E-state index is 0.172. The van der Waals surface area contributed by atoms with E-state index in [1.54, 1.807) is 23.5 Å². The number of fused-ring (bicyclic) bond motifs is 5. The molecular weight excluding hydrogens is 328 g/mol. The first-order chi connectivity index (χ1) is 9.76. The number of thioether (sulfide) groups is 4. The van der Waals surface area contributed by atoms with Gasteiger partial charge in [-0.2, -0.15) is 0 Å². The molecule has 2 aliphatic heterocycles. The second-order valence-electron chi connectivity index (χ2n) is 5.50. The van der Waals surface area contributed by atoms with Gasteiger partial charge in [0.15, 0.2) is 0 Å². The molecule has 0 aromatic carbocycles. The monoisotopic (exact) mass is 344 g/mol. The van der Waals surface area contributed by atoms with Crippen molar-refractivity contribution in [1.82, 2.24) is 0 Å². The van der Waals surface area contributed by atoms with Crippen LogP contribution in [-0.4, -0.2) is 23.1 Å². The number of carbonyl (C=O) groups is 1. The van der Waals surface area contributed by atoms with E-state index in [0.717, 1.165) is 27.2 Å². The molecule has 2 nitrogen and oxygen atoms in total. The third kappa shape index (κ3) is 2.27. The number of ether oxygens (including phenoxy) is 1. The van der Waals surface area contributed by atoms with Crippen molar-refractivity contribution in [1.29, 1.82) is 0 Å². The van der Waals surface area contributed by atoms with Crippen molar-refractivity contribution in [2.45, 2.75) is 36.7 Å². The molecule has 0 aromatic heterocycles. The third-order valence-corrected chi connectivity index (χ3v) is 10.7. The lowest BCUT2D eigenvalue weighted by Crippen LogP contribution is -2.22. The zero-order valence-electron chi connectivity index (χ0n) is 11.2. The van der Waals surface area contributed by atoms with E-state index in [0.29, 0.717) is 6.61 Å². The van der Waals surface area contributed by atoms with Crippen molar-refractivity contribution >= 4 is 53.0 Å². The van der Waals surface area contributed by atoms with Gasteiger partial charge in [-0.25, -0.2) is 4.79 Å². The van der Waals surface area contributed by atoms with Crippen LogP contribution in [0.5, 0.6) is 0 Å². The Morgan fingerprint density at radius 2 is 1.95 bits per heavy atom. The Morgan fingerprint density at radius 3 is 2.60 bits per heavy atom. The van der Waals surface area contributed by atoms with Crippen LogP contribution in [0, 0.1) is 11.8 Å². The summed E-state index contributed by atoms with van der Waals surface area (Å²) in [5.41, 5.74) is 0. The summed E-state index contributed by atoms with van der Waals surface area (Å²) in [5, 5.41) is 3.64. The fourth-order valence-corrected chi connectivity index (χ4v) is 9.91. The molecule has 1 saturated heterocycles. The fraction of sp³-hybridized carbons (Fsp3) is 0.643. The predicted octanol–water partition coefficient (Wildman–Crippen LogP) is 4.64. The zero-order valence-corrected chi connectivity index (χ0v) is 14.4. The molecule has 108 valence electrons. The number of rotatable bonds is 2. The zero-order chi connectivity index (χ0) is 13.7. The van der Waals surface area contributed by atoms with Crippen LogP contribution >= 0.6 is 47.0 Å². The van der Waals surface area contributed by atoms with E-state index in [-0.39, 0.29) is 5.97 Å². The number of hydrogen-bond donors (Lipinski definition) is 0. The van der Waals surface area contributed by atoms with E-state index in [9.17, 15) is 4.79 Å². The third-order valence-electron chi connectivity index (χ3n) is 4.37. The van der Waals surface area contributed by atoms with E-state index in [1.807, 2.05) is 12.3 Å². The summed E-state index contributed by atoms with van der Waals surface area (Å²) in [6.45, 7) is 2.30. The Bertz CT molecular complexity index is 493. The van der Waals surface area contributed by atoms with E-state index in [2.05, 4.69) is 23.5 Å². The SMILES string of the molecule is CCOC(=O)C1=CSC(=C2S[C@@H]3[C@H]4CC[C@H](C4)[C@@H]3S2)S1.